The summed E-state index contributed by atoms with van der Waals surface area (Å²) in [5.74, 6) is 0.883. The standard InChI is InChI=1S/C22H29N3O3/c1-27-12-13-28-20-8-4-6-18(14-20)16-24-22(26)21-9-2-3-11-25(21)17-19-7-5-10-23-15-19/h4-8,10,14-15,21H,2-3,9,11-13,16-17H2,1H3,(H,24,26). The third kappa shape index (κ3) is 6.04. The molecule has 28 heavy (non-hydrogen) atoms. The maximum atomic E-state index is 12.9. The van der Waals surface area contributed by atoms with E-state index in [1.807, 2.05) is 36.5 Å². The van der Waals surface area contributed by atoms with Gasteiger partial charge < -0.3 is 14.8 Å². The van der Waals surface area contributed by atoms with E-state index in [4.69, 9.17) is 9.47 Å². The predicted molar refractivity (Wildman–Crippen MR) is 108 cm³/mol. The van der Waals surface area contributed by atoms with E-state index in [1.54, 1.807) is 13.3 Å². The number of nitrogens with one attached hydrogen (secondary N) is 1. The molecule has 6 nitrogen and oxygen atoms in total. The number of nitrogens with zero attached hydrogens (tertiary/aromatic N) is 2. The van der Waals surface area contributed by atoms with Crippen LogP contribution in [0.15, 0.2) is 48.8 Å². The summed E-state index contributed by atoms with van der Waals surface area (Å²) in [5.41, 5.74) is 2.17. The van der Waals surface area contributed by atoms with Gasteiger partial charge in [0.15, 0.2) is 0 Å². The molecular formula is C22H29N3O3. The quantitative estimate of drug-likeness (QED) is 0.675. The number of carbonyl (C=O) groups is 1. The Hall–Kier alpha value is -2.44. The van der Waals surface area contributed by atoms with Crippen LogP contribution < -0.4 is 10.1 Å². The number of hydrogen-bond donors (Lipinski definition) is 1. The van der Waals surface area contributed by atoms with Gasteiger partial charge in [-0.05, 0) is 48.7 Å². The molecule has 1 saturated heterocycles. The number of amides is 1. The summed E-state index contributed by atoms with van der Waals surface area (Å²) in [6.45, 7) is 3.26. The molecule has 1 fully saturated rings. The number of pyridine rings is 1. The molecule has 6 heteroatoms. The molecule has 1 aliphatic rings. The maximum Gasteiger partial charge on any atom is 0.237 e. The van der Waals surface area contributed by atoms with E-state index in [0.717, 1.165) is 49.2 Å². The first-order chi connectivity index (χ1) is 13.8. The van der Waals surface area contributed by atoms with Crippen molar-refractivity contribution in [3.05, 3.63) is 59.9 Å². The van der Waals surface area contributed by atoms with Gasteiger partial charge >= 0.3 is 0 Å². The number of aromatic nitrogens is 1. The van der Waals surface area contributed by atoms with Gasteiger partial charge in [0.2, 0.25) is 5.91 Å². The smallest absolute Gasteiger partial charge is 0.237 e. The van der Waals surface area contributed by atoms with Crippen molar-refractivity contribution in [3.8, 4) is 5.75 Å². The summed E-state index contributed by atoms with van der Waals surface area (Å²) in [5, 5.41) is 3.10. The predicted octanol–water partition coefficient (Wildman–Crippen LogP) is 2.78. The van der Waals surface area contributed by atoms with Gasteiger partial charge in [0.1, 0.15) is 12.4 Å². The summed E-state index contributed by atoms with van der Waals surface area (Å²) in [7, 11) is 1.65. The lowest BCUT2D eigenvalue weighted by atomic mass is 10.0. The molecule has 1 atom stereocenters. The fraction of sp³-hybridized carbons (Fsp3) is 0.455. The van der Waals surface area contributed by atoms with Gasteiger partial charge in [-0.3, -0.25) is 14.7 Å². The highest BCUT2D eigenvalue weighted by atomic mass is 16.5. The lowest BCUT2D eigenvalue weighted by molar-refractivity contribution is -0.128. The number of ether oxygens (including phenoxy) is 2. The summed E-state index contributed by atoms with van der Waals surface area (Å²) < 4.78 is 10.6. The molecule has 0 bridgehead atoms. The average molecular weight is 383 g/mol. The zero-order valence-electron chi connectivity index (χ0n) is 16.5. The Morgan fingerprint density at radius 3 is 2.93 bits per heavy atom. The number of hydrogen-bond acceptors (Lipinski definition) is 5. The summed E-state index contributed by atoms with van der Waals surface area (Å²) in [4.78, 5) is 19.3. The highest BCUT2D eigenvalue weighted by Gasteiger charge is 2.28. The second kappa shape index (κ2) is 10.8. The van der Waals surface area contributed by atoms with E-state index in [0.29, 0.717) is 19.8 Å². The fourth-order valence-corrected chi connectivity index (χ4v) is 3.50. The third-order valence-electron chi connectivity index (χ3n) is 4.95. The van der Waals surface area contributed by atoms with Gasteiger partial charge in [-0.1, -0.05) is 24.6 Å². The first-order valence-electron chi connectivity index (χ1n) is 9.87. The van der Waals surface area contributed by atoms with Crippen LogP contribution in [0.2, 0.25) is 0 Å². The van der Waals surface area contributed by atoms with Crippen LogP contribution in [0.1, 0.15) is 30.4 Å². The zero-order chi connectivity index (χ0) is 19.6. The molecule has 1 N–H and O–H groups in total. The lowest BCUT2D eigenvalue weighted by Gasteiger charge is -2.34. The van der Waals surface area contributed by atoms with E-state index in [-0.39, 0.29) is 11.9 Å². The topological polar surface area (TPSA) is 63.7 Å². The van der Waals surface area contributed by atoms with Crippen molar-refractivity contribution in [2.75, 3.05) is 26.9 Å². The molecule has 1 aromatic carbocycles. The average Bonchev–Trinajstić information content (AvgIpc) is 2.74. The fourth-order valence-electron chi connectivity index (χ4n) is 3.50. The number of likely N-dealkylation sites (tertiary alicyclic amines) is 1. The molecule has 0 saturated carbocycles. The van der Waals surface area contributed by atoms with Gasteiger partial charge in [0.05, 0.1) is 12.6 Å². The summed E-state index contributed by atoms with van der Waals surface area (Å²) >= 11 is 0. The van der Waals surface area contributed by atoms with E-state index >= 15 is 0 Å². The van der Waals surface area contributed by atoms with Gasteiger partial charge in [-0.2, -0.15) is 0 Å². The second-order valence-electron chi connectivity index (χ2n) is 7.05. The van der Waals surface area contributed by atoms with Crippen LogP contribution in [-0.4, -0.2) is 48.7 Å². The van der Waals surface area contributed by atoms with Crippen molar-refractivity contribution in [2.24, 2.45) is 0 Å². The third-order valence-corrected chi connectivity index (χ3v) is 4.95. The number of piperidine rings is 1. The van der Waals surface area contributed by atoms with Crippen molar-refractivity contribution in [2.45, 2.75) is 38.4 Å². The summed E-state index contributed by atoms with van der Waals surface area (Å²) in [6.07, 6.45) is 6.76. The number of methoxy groups -OCH3 is 1. The van der Waals surface area contributed by atoms with Crippen molar-refractivity contribution < 1.29 is 14.3 Å². The van der Waals surface area contributed by atoms with E-state index < -0.39 is 0 Å². The van der Waals surface area contributed by atoms with Crippen LogP contribution in [0.5, 0.6) is 5.75 Å². The molecule has 2 aromatic rings. The molecule has 2 heterocycles. The molecule has 3 rings (SSSR count). The lowest BCUT2D eigenvalue weighted by Crippen LogP contribution is -2.48. The van der Waals surface area contributed by atoms with Crippen LogP contribution >= 0.6 is 0 Å². The van der Waals surface area contributed by atoms with Crippen LogP contribution in [0.25, 0.3) is 0 Å². The highest BCUT2D eigenvalue weighted by molar-refractivity contribution is 5.81. The number of rotatable bonds is 9. The summed E-state index contributed by atoms with van der Waals surface area (Å²) in [6, 6.07) is 11.7. The minimum atomic E-state index is -0.0879. The minimum Gasteiger partial charge on any atom is -0.491 e. The van der Waals surface area contributed by atoms with Crippen molar-refractivity contribution in [1.29, 1.82) is 0 Å². The molecule has 0 radical (unpaired) electrons. The normalized spacial score (nSPS) is 17.2. The Morgan fingerprint density at radius 1 is 1.21 bits per heavy atom. The van der Waals surface area contributed by atoms with Crippen LogP contribution in [0, 0.1) is 0 Å². The molecule has 0 aliphatic carbocycles. The molecule has 1 aromatic heterocycles. The molecule has 1 aliphatic heterocycles. The monoisotopic (exact) mass is 383 g/mol. The Kier molecular flexibility index (Phi) is 7.82. The second-order valence-corrected chi connectivity index (χ2v) is 7.05. The molecule has 0 spiro atoms. The van der Waals surface area contributed by atoms with Gasteiger partial charge in [-0.25, -0.2) is 0 Å². The Labute approximate surface area is 166 Å². The van der Waals surface area contributed by atoms with Crippen molar-refractivity contribution in [3.63, 3.8) is 0 Å². The minimum absolute atomic E-state index is 0.0879. The van der Waals surface area contributed by atoms with Crippen molar-refractivity contribution >= 4 is 5.91 Å². The number of benzene rings is 1. The SMILES string of the molecule is COCCOc1cccc(CNC(=O)C2CCCCN2Cc2cccnc2)c1. The molecular weight excluding hydrogens is 354 g/mol. The molecule has 1 unspecified atom stereocenters. The van der Waals surface area contributed by atoms with Gasteiger partial charge in [-0.15, -0.1) is 0 Å². The van der Waals surface area contributed by atoms with Gasteiger partial charge in [0, 0.05) is 32.6 Å². The van der Waals surface area contributed by atoms with E-state index in [9.17, 15) is 4.79 Å². The molecule has 1 amide bonds. The molecule has 150 valence electrons. The highest BCUT2D eigenvalue weighted by Crippen LogP contribution is 2.20. The largest absolute Gasteiger partial charge is 0.491 e. The number of carbonyl (C=O) groups excluding carboxylic acids is 1. The van der Waals surface area contributed by atoms with Crippen molar-refractivity contribution in [1.82, 2.24) is 15.2 Å². The zero-order valence-corrected chi connectivity index (χ0v) is 16.5. The van der Waals surface area contributed by atoms with Crippen LogP contribution in [0.3, 0.4) is 0 Å². The Balaban J connectivity index is 1.54. The van der Waals surface area contributed by atoms with E-state index in [1.165, 1.54) is 0 Å². The first-order valence-corrected chi connectivity index (χ1v) is 9.87. The van der Waals surface area contributed by atoms with E-state index in [2.05, 4.69) is 21.3 Å². The van der Waals surface area contributed by atoms with Gasteiger partial charge in [0.25, 0.3) is 0 Å². The first kappa shape index (κ1) is 20.3. The van der Waals surface area contributed by atoms with Crippen LogP contribution in [-0.2, 0) is 22.6 Å². The van der Waals surface area contributed by atoms with Crippen LogP contribution in [0.4, 0.5) is 0 Å². The Bertz CT molecular complexity index is 739. The Morgan fingerprint density at radius 2 is 2.11 bits per heavy atom. The maximum absolute atomic E-state index is 12.9.